The molecule has 1 aliphatic rings. The van der Waals surface area contributed by atoms with Gasteiger partial charge >= 0.3 is 17.9 Å². The molecule has 1 aliphatic carbocycles. The molecule has 0 radical (unpaired) electrons. The zero-order chi connectivity index (χ0) is 18.3. The van der Waals surface area contributed by atoms with Crippen molar-refractivity contribution in [1.82, 2.24) is 0 Å². The van der Waals surface area contributed by atoms with Crippen molar-refractivity contribution < 1.29 is 33.3 Å². The molecule has 9 heteroatoms. The highest BCUT2D eigenvalue weighted by Crippen LogP contribution is 2.55. The molecule has 0 N–H and O–H groups in total. The zero-order valence-corrected chi connectivity index (χ0v) is 15.8. The van der Waals surface area contributed by atoms with Crippen molar-refractivity contribution in [3.63, 3.8) is 0 Å². The molecule has 1 rings (SSSR count). The van der Waals surface area contributed by atoms with Gasteiger partial charge in [-0.25, -0.2) is 0 Å². The number of thiocarbonyl (C=S) groups is 1. The molecule has 0 spiro atoms. The summed E-state index contributed by atoms with van der Waals surface area (Å²) >= 11 is 6.19. The van der Waals surface area contributed by atoms with E-state index in [0.717, 1.165) is 11.8 Å². The van der Waals surface area contributed by atoms with Crippen molar-refractivity contribution in [2.75, 3.05) is 27.4 Å². The maximum atomic E-state index is 12.3. The van der Waals surface area contributed by atoms with E-state index in [2.05, 4.69) is 0 Å². The summed E-state index contributed by atoms with van der Waals surface area (Å²) in [5.41, 5.74) is -1.49. The predicted octanol–water partition coefficient (Wildman–Crippen LogP) is 1.72. The van der Waals surface area contributed by atoms with Crippen molar-refractivity contribution in [2.45, 2.75) is 31.9 Å². The van der Waals surface area contributed by atoms with Crippen LogP contribution < -0.4 is 0 Å². The molecule has 1 saturated carbocycles. The number of rotatable bonds is 7. The van der Waals surface area contributed by atoms with Crippen LogP contribution in [0.1, 0.15) is 26.7 Å². The fourth-order valence-corrected chi connectivity index (χ4v) is 4.49. The van der Waals surface area contributed by atoms with E-state index in [4.69, 9.17) is 31.2 Å². The molecule has 0 heterocycles. The highest BCUT2D eigenvalue weighted by atomic mass is 32.2. The SMILES string of the molecule is CCOC(=O)C[C@@H]1CC(C(=O)OC)(C(=O)OC)[C@@H]1SC(=S)OCC. The largest absolute Gasteiger partial charge is 0.479 e. The summed E-state index contributed by atoms with van der Waals surface area (Å²) < 4.78 is 20.0. The van der Waals surface area contributed by atoms with Crippen LogP contribution in [0.5, 0.6) is 0 Å². The molecule has 0 unspecified atom stereocenters. The third kappa shape index (κ3) is 4.18. The molecule has 0 aromatic carbocycles. The van der Waals surface area contributed by atoms with Crippen LogP contribution in [0.2, 0.25) is 0 Å². The number of esters is 3. The van der Waals surface area contributed by atoms with Gasteiger partial charge in [0.1, 0.15) is 0 Å². The minimum Gasteiger partial charge on any atom is -0.479 e. The van der Waals surface area contributed by atoms with E-state index in [1.165, 1.54) is 14.2 Å². The van der Waals surface area contributed by atoms with Crippen LogP contribution in [0, 0.1) is 11.3 Å². The molecule has 0 amide bonds. The molecular formula is C15H22O7S2. The van der Waals surface area contributed by atoms with Gasteiger partial charge in [-0.1, -0.05) is 11.8 Å². The van der Waals surface area contributed by atoms with Gasteiger partial charge in [0.05, 0.1) is 27.4 Å². The van der Waals surface area contributed by atoms with Gasteiger partial charge in [-0.2, -0.15) is 0 Å². The zero-order valence-electron chi connectivity index (χ0n) is 14.2. The van der Waals surface area contributed by atoms with E-state index in [1.54, 1.807) is 13.8 Å². The topological polar surface area (TPSA) is 88.1 Å². The van der Waals surface area contributed by atoms with E-state index in [-0.39, 0.29) is 29.7 Å². The minimum atomic E-state index is -1.49. The van der Waals surface area contributed by atoms with E-state index in [1.807, 2.05) is 0 Å². The Morgan fingerprint density at radius 1 is 1.08 bits per heavy atom. The van der Waals surface area contributed by atoms with Crippen molar-refractivity contribution in [2.24, 2.45) is 11.3 Å². The fraction of sp³-hybridized carbons (Fsp3) is 0.733. The number of thioether (sulfide) groups is 1. The highest BCUT2D eigenvalue weighted by Gasteiger charge is 2.66. The summed E-state index contributed by atoms with van der Waals surface area (Å²) in [7, 11) is 2.41. The third-order valence-corrected chi connectivity index (χ3v) is 5.57. The highest BCUT2D eigenvalue weighted by molar-refractivity contribution is 8.23. The van der Waals surface area contributed by atoms with Gasteiger partial charge in [-0.05, 0) is 38.4 Å². The van der Waals surface area contributed by atoms with Crippen LogP contribution in [-0.2, 0) is 33.3 Å². The molecular weight excluding hydrogens is 356 g/mol. The first-order chi connectivity index (χ1) is 11.4. The number of methoxy groups -OCH3 is 2. The third-order valence-electron chi connectivity index (χ3n) is 3.82. The quantitative estimate of drug-likeness (QED) is 0.284. The fourth-order valence-electron chi connectivity index (χ4n) is 2.79. The van der Waals surface area contributed by atoms with Crippen molar-refractivity contribution in [1.29, 1.82) is 0 Å². The maximum Gasteiger partial charge on any atom is 0.324 e. The lowest BCUT2D eigenvalue weighted by atomic mass is 9.60. The smallest absolute Gasteiger partial charge is 0.324 e. The monoisotopic (exact) mass is 378 g/mol. The molecule has 136 valence electrons. The van der Waals surface area contributed by atoms with Gasteiger partial charge in [-0.15, -0.1) is 0 Å². The van der Waals surface area contributed by atoms with Crippen LogP contribution in [0.4, 0.5) is 0 Å². The molecule has 0 aliphatic heterocycles. The van der Waals surface area contributed by atoms with Crippen molar-refractivity contribution >= 4 is 46.3 Å². The van der Waals surface area contributed by atoms with E-state index in [0.29, 0.717) is 6.61 Å². The van der Waals surface area contributed by atoms with Crippen molar-refractivity contribution in [3.05, 3.63) is 0 Å². The van der Waals surface area contributed by atoms with Crippen LogP contribution in [0.15, 0.2) is 0 Å². The van der Waals surface area contributed by atoms with Crippen molar-refractivity contribution in [3.8, 4) is 0 Å². The average Bonchev–Trinajstić information content (AvgIpc) is 2.55. The van der Waals surface area contributed by atoms with E-state index >= 15 is 0 Å². The Labute approximate surface area is 150 Å². The summed E-state index contributed by atoms with van der Waals surface area (Å²) in [6.07, 6.45) is 0.216. The van der Waals surface area contributed by atoms with E-state index < -0.39 is 28.6 Å². The second kappa shape index (κ2) is 9.22. The normalized spacial score (nSPS) is 21.2. The second-order valence-electron chi connectivity index (χ2n) is 5.15. The van der Waals surface area contributed by atoms with Gasteiger partial charge in [0.2, 0.25) is 4.38 Å². The Morgan fingerprint density at radius 2 is 1.62 bits per heavy atom. The summed E-state index contributed by atoms with van der Waals surface area (Å²) in [6, 6.07) is 0. The molecule has 2 atom stereocenters. The molecule has 0 bridgehead atoms. The number of ether oxygens (including phenoxy) is 4. The Kier molecular flexibility index (Phi) is 7.95. The number of carbonyl (C=O) groups is 3. The number of carbonyl (C=O) groups excluding carboxylic acids is 3. The van der Waals surface area contributed by atoms with Crippen LogP contribution >= 0.6 is 24.0 Å². The number of hydrogen-bond donors (Lipinski definition) is 0. The maximum absolute atomic E-state index is 12.3. The molecule has 24 heavy (non-hydrogen) atoms. The van der Waals surface area contributed by atoms with Gasteiger partial charge in [0, 0.05) is 11.7 Å². The summed E-state index contributed by atoms with van der Waals surface area (Å²) in [5, 5.41) is -0.610. The van der Waals surface area contributed by atoms with Crippen LogP contribution in [0.3, 0.4) is 0 Å². The summed E-state index contributed by atoms with van der Waals surface area (Å²) in [6.45, 7) is 4.12. The first-order valence-electron chi connectivity index (χ1n) is 7.53. The summed E-state index contributed by atoms with van der Waals surface area (Å²) in [4.78, 5) is 36.3. The second-order valence-corrected chi connectivity index (χ2v) is 6.89. The lowest BCUT2D eigenvalue weighted by Gasteiger charge is -2.49. The molecule has 0 aromatic rings. The molecule has 0 aromatic heterocycles. The first kappa shape index (κ1) is 20.7. The molecule has 7 nitrogen and oxygen atoms in total. The lowest BCUT2D eigenvalue weighted by molar-refractivity contribution is -0.180. The minimum absolute atomic E-state index is 0.0793. The van der Waals surface area contributed by atoms with Crippen LogP contribution in [0.25, 0.3) is 0 Å². The number of hydrogen-bond acceptors (Lipinski definition) is 9. The van der Waals surface area contributed by atoms with Gasteiger partial charge < -0.3 is 18.9 Å². The molecule has 1 fully saturated rings. The van der Waals surface area contributed by atoms with Gasteiger partial charge in [0.25, 0.3) is 0 Å². The lowest BCUT2D eigenvalue weighted by Crippen LogP contribution is -2.61. The Balaban J connectivity index is 3.05. The Morgan fingerprint density at radius 3 is 2.08 bits per heavy atom. The predicted molar refractivity (Wildman–Crippen MR) is 91.4 cm³/mol. The van der Waals surface area contributed by atoms with Crippen LogP contribution in [-0.4, -0.2) is 55.0 Å². The van der Waals surface area contributed by atoms with Gasteiger partial charge in [0.15, 0.2) is 5.41 Å². The Hall–Kier alpha value is -1.35. The summed E-state index contributed by atoms with van der Waals surface area (Å²) in [5.74, 6) is -2.07. The molecule has 0 saturated heterocycles. The Bertz CT molecular complexity index is 490. The first-order valence-corrected chi connectivity index (χ1v) is 8.81. The standard InChI is InChI=1S/C15H22O7S2/c1-5-21-10(16)7-9-8-15(12(17)19-3,13(18)20-4)11(9)24-14(23)22-6-2/h9,11H,5-8H2,1-4H3/t9-,11-/m1/s1. The average molecular weight is 378 g/mol. The van der Waals surface area contributed by atoms with Gasteiger partial charge in [-0.3, -0.25) is 14.4 Å². The van der Waals surface area contributed by atoms with E-state index in [9.17, 15) is 14.4 Å².